The maximum atomic E-state index is 11.1. The Morgan fingerprint density at radius 2 is 2.36 bits per heavy atom. The second-order valence-electron chi connectivity index (χ2n) is 2.16. The summed E-state index contributed by atoms with van der Waals surface area (Å²) in [5.74, 6) is 0.0365. The van der Waals surface area contributed by atoms with E-state index in [0.717, 1.165) is 14.5 Å². The van der Waals surface area contributed by atoms with Crippen molar-refractivity contribution in [3.8, 4) is 0 Å². The molecule has 1 aliphatic rings. The van der Waals surface area contributed by atoms with Crippen molar-refractivity contribution in [3.05, 3.63) is 14.5 Å². The topological polar surface area (TPSA) is 39.2 Å². The molecule has 0 aliphatic carbocycles. The van der Waals surface area contributed by atoms with Crippen LogP contribution >= 0.6 is 27.3 Å². The van der Waals surface area contributed by atoms with Crippen LogP contribution in [-0.4, -0.2) is 17.4 Å². The highest BCUT2D eigenvalue weighted by Gasteiger charge is 2.21. The third kappa shape index (κ3) is 1.23. The summed E-state index contributed by atoms with van der Waals surface area (Å²) in [6.07, 6.45) is 0. The minimum atomic E-state index is 0.0365. The summed E-state index contributed by atoms with van der Waals surface area (Å²) in [4.78, 5) is 16.0. The van der Waals surface area contributed by atoms with Gasteiger partial charge in [0.2, 0.25) is 0 Å². The van der Waals surface area contributed by atoms with E-state index in [1.165, 1.54) is 11.3 Å². The number of ether oxygens (including phenoxy) is 1. The van der Waals surface area contributed by atoms with E-state index in [2.05, 4.69) is 20.9 Å². The SMILES string of the molecule is O=C1COCc2nc(Br)sc21. The number of thiazole rings is 1. The van der Waals surface area contributed by atoms with E-state index in [1.54, 1.807) is 0 Å². The third-order valence-corrected chi connectivity index (χ3v) is 2.99. The fraction of sp³-hybridized carbons (Fsp3) is 0.333. The largest absolute Gasteiger partial charge is 0.367 e. The van der Waals surface area contributed by atoms with E-state index in [9.17, 15) is 4.79 Å². The van der Waals surface area contributed by atoms with Crippen LogP contribution in [-0.2, 0) is 11.3 Å². The van der Waals surface area contributed by atoms with Gasteiger partial charge in [0.25, 0.3) is 0 Å². The van der Waals surface area contributed by atoms with Gasteiger partial charge >= 0.3 is 0 Å². The van der Waals surface area contributed by atoms with Gasteiger partial charge in [-0.1, -0.05) is 0 Å². The van der Waals surface area contributed by atoms with E-state index >= 15 is 0 Å². The molecule has 0 aromatic carbocycles. The molecule has 2 rings (SSSR count). The number of nitrogens with zero attached hydrogens (tertiary/aromatic N) is 1. The summed E-state index contributed by atoms with van der Waals surface area (Å²) in [6, 6.07) is 0. The number of aromatic nitrogens is 1. The molecular formula is C6H4BrNO2S. The van der Waals surface area contributed by atoms with Gasteiger partial charge in [-0.15, -0.1) is 11.3 Å². The lowest BCUT2D eigenvalue weighted by atomic mass is 10.2. The smallest absolute Gasteiger partial charge is 0.200 e. The Kier molecular flexibility index (Phi) is 1.78. The van der Waals surface area contributed by atoms with Crippen molar-refractivity contribution in [1.29, 1.82) is 0 Å². The second kappa shape index (κ2) is 2.66. The predicted molar refractivity (Wildman–Crippen MR) is 43.8 cm³/mol. The Hall–Kier alpha value is -0.260. The lowest BCUT2D eigenvalue weighted by molar-refractivity contribution is 0.0664. The van der Waals surface area contributed by atoms with Crippen molar-refractivity contribution in [3.63, 3.8) is 0 Å². The molecule has 58 valence electrons. The summed E-state index contributed by atoms with van der Waals surface area (Å²) in [6.45, 7) is 0.658. The van der Waals surface area contributed by atoms with Crippen molar-refractivity contribution >= 4 is 33.0 Å². The molecule has 0 unspecified atom stereocenters. The van der Waals surface area contributed by atoms with Crippen LogP contribution < -0.4 is 0 Å². The number of hydrogen-bond donors (Lipinski definition) is 0. The van der Waals surface area contributed by atoms with Gasteiger partial charge in [-0.3, -0.25) is 4.79 Å². The van der Waals surface area contributed by atoms with E-state index < -0.39 is 0 Å². The zero-order valence-corrected chi connectivity index (χ0v) is 7.87. The second-order valence-corrected chi connectivity index (χ2v) is 4.43. The monoisotopic (exact) mass is 233 g/mol. The van der Waals surface area contributed by atoms with Gasteiger partial charge in [-0.2, -0.15) is 0 Å². The van der Waals surface area contributed by atoms with Gasteiger partial charge in [-0.25, -0.2) is 4.98 Å². The molecular weight excluding hydrogens is 230 g/mol. The van der Waals surface area contributed by atoms with Crippen LogP contribution in [0.4, 0.5) is 0 Å². The first-order valence-corrected chi connectivity index (χ1v) is 4.64. The summed E-state index contributed by atoms with van der Waals surface area (Å²) in [5, 5.41) is 0. The molecule has 3 nitrogen and oxygen atoms in total. The Labute approximate surface area is 75.5 Å². The number of Topliss-reactive ketones (excluding diaryl/α,β-unsaturated/α-hetero) is 1. The third-order valence-electron chi connectivity index (χ3n) is 1.40. The molecule has 0 atom stereocenters. The highest BCUT2D eigenvalue weighted by molar-refractivity contribution is 9.11. The zero-order chi connectivity index (χ0) is 7.84. The summed E-state index contributed by atoms with van der Waals surface area (Å²) in [7, 11) is 0. The molecule has 0 radical (unpaired) electrons. The maximum Gasteiger partial charge on any atom is 0.200 e. The van der Waals surface area contributed by atoms with Crippen LogP contribution in [0.3, 0.4) is 0 Å². The molecule has 0 saturated heterocycles. The van der Waals surface area contributed by atoms with Crippen molar-refractivity contribution in [2.24, 2.45) is 0 Å². The number of halogens is 1. The van der Waals surface area contributed by atoms with Crippen molar-refractivity contribution in [2.45, 2.75) is 6.61 Å². The minimum absolute atomic E-state index is 0.0365. The van der Waals surface area contributed by atoms with Gasteiger partial charge in [-0.05, 0) is 15.9 Å². The van der Waals surface area contributed by atoms with Crippen LogP contribution in [0.25, 0.3) is 0 Å². The number of fused-ring (bicyclic) bond motifs is 1. The first-order valence-electron chi connectivity index (χ1n) is 3.03. The first-order chi connectivity index (χ1) is 5.27. The molecule has 1 aromatic rings. The molecule has 5 heteroatoms. The van der Waals surface area contributed by atoms with E-state index in [0.29, 0.717) is 6.61 Å². The van der Waals surface area contributed by atoms with Crippen LogP contribution in [0, 0.1) is 0 Å². The fourth-order valence-corrected chi connectivity index (χ4v) is 2.36. The number of carbonyl (C=O) groups is 1. The van der Waals surface area contributed by atoms with E-state index in [4.69, 9.17) is 4.74 Å². The van der Waals surface area contributed by atoms with Gasteiger partial charge in [0.1, 0.15) is 6.61 Å². The molecule has 0 saturated carbocycles. The van der Waals surface area contributed by atoms with Gasteiger partial charge < -0.3 is 4.74 Å². The zero-order valence-electron chi connectivity index (χ0n) is 5.46. The van der Waals surface area contributed by atoms with Crippen LogP contribution in [0.2, 0.25) is 0 Å². The Morgan fingerprint density at radius 3 is 3.09 bits per heavy atom. The molecule has 1 aliphatic heterocycles. The lowest BCUT2D eigenvalue weighted by Crippen LogP contribution is -2.15. The maximum absolute atomic E-state index is 11.1. The Balaban J connectivity index is 2.52. The van der Waals surface area contributed by atoms with Gasteiger partial charge in [0.15, 0.2) is 9.70 Å². The van der Waals surface area contributed by atoms with E-state index in [-0.39, 0.29) is 12.4 Å². The minimum Gasteiger partial charge on any atom is -0.367 e. The molecule has 1 aromatic heterocycles. The summed E-state index contributed by atoms with van der Waals surface area (Å²) >= 11 is 4.59. The summed E-state index contributed by atoms with van der Waals surface area (Å²) < 4.78 is 5.75. The Morgan fingerprint density at radius 1 is 1.55 bits per heavy atom. The Bertz CT molecular complexity index is 310. The molecule has 0 amide bonds. The van der Waals surface area contributed by atoms with E-state index in [1.807, 2.05) is 0 Å². The quantitative estimate of drug-likeness (QED) is 0.684. The predicted octanol–water partition coefficient (Wildman–Crippen LogP) is 1.62. The molecule has 0 bridgehead atoms. The van der Waals surface area contributed by atoms with Gasteiger partial charge in [0, 0.05) is 0 Å². The van der Waals surface area contributed by atoms with Crippen molar-refractivity contribution in [1.82, 2.24) is 4.98 Å². The van der Waals surface area contributed by atoms with Crippen LogP contribution in [0.1, 0.15) is 15.4 Å². The standard InChI is InChI=1S/C6H4BrNO2S/c7-6-8-3-1-10-2-4(9)5(3)11-6/h1-2H2. The lowest BCUT2D eigenvalue weighted by Gasteiger charge is -2.07. The molecule has 2 heterocycles. The highest BCUT2D eigenvalue weighted by Crippen LogP contribution is 2.26. The number of carbonyl (C=O) groups excluding carboxylic acids is 1. The highest BCUT2D eigenvalue weighted by atomic mass is 79.9. The molecule has 11 heavy (non-hydrogen) atoms. The fourth-order valence-electron chi connectivity index (χ4n) is 0.944. The normalized spacial score (nSPS) is 16.6. The van der Waals surface area contributed by atoms with Crippen molar-refractivity contribution < 1.29 is 9.53 Å². The van der Waals surface area contributed by atoms with Crippen LogP contribution in [0.5, 0.6) is 0 Å². The number of rotatable bonds is 0. The summed E-state index contributed by atoms with van der Waals surface area (Å²) in [5.41, 5.74) is 0.762. The molecule has 0 fully saturated rings. The van der Waals surface area contributed by atoms with Crippen molar-refractivity contribution in [2.75, 3.05) is 6.61 Å². The molecule has 0 spiro atoms. The average Bonchev–Trinajstić information content (AvgIpc) is 2.31. The van der Waals surface area contributed by atoms with Gasteiger partial charge in [0.05, 0.1) is 17.2 Å². The average molecular weight is 234 g/mol. The van der Waals surface area contributed by atoms with Crippen LogP contribution in [0.15, 0.2) is 3.92 Å². The number of hydrogen-bond acceptors (Lipinski definition) is 4. The molecule has 0 N–H and O–H groups in total. The first kappa shape index (κ1) is 7.39. The number of ketones is 1.